The maximum absolute atomic E-state index is 13.6. The average Bonchev–Trinajstić information content (AvgIpc) is 2.83. The van der Waals surface area contributed by atoms with Gasteiger partial charge in [-0.3, -0.25) is 4.79 Å². The van der Waals surface area contributed by atoms with Crippen molar-refractivity contribution in [3.63, 3.8) is 0 Å². The quantitative estimate of drug-likeness (QED) is 0.463. The zero-order valence-corrected chi connectivity index (χ0v) is 17.4. The molecule has 0 aromatic heterocycles. The fourth-order valence-electron chi connectivity index (χ4n) is 4.38. The SMILES string of the molecule is COc1ccc2ccccc2c1C1Nc2ccccc2C(=O)N1CCc1ccccc1. The van der Waals surface area contributed by atoms with Crippen molar-refractivity contribution in [2.75, 3.05) is 19.0 Å². The fourth-order valence-corrected chi connectivity index (χ4v) is 4.38. The van der Waals surface area contributed by atoms with E-state index in [1.165, 1.54) is 5.56 Å². The highest BCUT2D eigenvalue weighted by Gasteiger charge is 2.35. The molecule has 4 nitrogen and oxygen atoms in total. The number of nitrogens with one attached hydrogen (secondary N) is 1. The number of anilines is 1. The molecular weight excluding hydrogens is 384 g/mol. The van der Waals surface area contributed by atoms with E-state index in [1.54, 1.807) is 7.11 Å². The van der Waals surface area contributed by atoms with Crippen LogP contribution in [-0.4, -0.2) is 24.5 Å². The molecule has 0 radical (unpaired) electrons. The maximum Gasteiger partial charge on any atom is 0.257 e. The minimum absolute atomic E-state index is 0.0327. The summed E-state index contributed by atoms with van der Waals surface area (Å²) >= 11 is 0. The summed E-state index contributed by atoms with van der Waals surface area (Å²) < 4.78 is 5.76. The van der Waals surface area contributed by atoms with Gasteiger partial charge in [-0.25, -0.2) is 0 Å². The number of amides is 1. The highest BCUT2D eigenvalue weighted by Crippen LogP contribution is 2.40. The lowest BCUT2D eigenvalue weighted by molar-refractivity contribution is 0.0685. The van der Waals surface area contributed by atoms with Crippen LogP contribution in [0.1, 0.15) is 27.7 Å². The lowest BCUT2D eigenvalue weighted by Gasteiger charge is -2.39. The number of ether oxygens (including phenoxy) is 1. The van der Waals surface area contributed by atoms with Crippen molar-refractivity contribution in [1.29, 1.82) is 0 Å². The number of hydrogen-bond acceptors (Lipinski definition) is 3. The Bertz CT molecular complexity index is 1240. The van der Waals surface area contributed by atoms with E-state index >= 15 is 0 Å². The Balaban J connectivity index is 1.63. The van der Waals surface area contributed by atoms with Gasteiger partial charge in [0.1, 0.15) is 11.9 Å². The van der Waals surface area contributed by atoms with E-state index < -0.39 is 0 Å². The van der Waals surface area contributed by atoms with E-state index in [0.717, 1.165) is 34.2 Å². The first-order valence-electron chi connectivity index (χ1n) is 10.5. The molecule has 4 aromatic rings. The minimum atomic E-state index is -0.327. The number of nitrogens with zero attached hydrogens (tertiary/aromatic N) is 1. The van der Waals surface area contributed by atoms with Crippen LogP contribution in [0, 0.1) is 0 Å². The van der Waals surface area contributed by atoms with Crippen LogP contribution in [0.2, 0.25) is 0 Å². The fraction of sp³-hybridized carbons (Fsp3) is 0.148. The van der Waals surface area contributed by atoms with Crippen LogP contribution in [0.4, 0.5) is 5.69 Å². The molecule has 154 valence electrons. The number of hydrogen-bond donors (Lipinski definition) is 1. The molecular formula is C27H24N2O2. The summed E-state index contributed by atoms with van der Waals surface area (Å²) in [6.07, 6.45) is 0.451. The third-order valence-electron chi connectivity index (χ3n) is 5.93. The summed E-state index contributed by atoms with van der Waals surface area (Å²) in [5, 5.41) is 5.82. The van der Waals surface area contributed by atoms with Crippen LogP contribution in [0.15, 0.2) is 91.0 Å². The Labute approximate surface area is 182 Å². The molecule has 0 saturated heterocycles. The standard InChI is InChI=1S/C27H24N2O2/c1-31-24-16-15-20-11-5-6-12-21(20)25(24)26-28-23-14-8-7-13-22(23)27(30)29(26)18-17-19-9-3-2-4-10-19/h2-16,26,28H,17-18H2,1H3. The molecule has 1 N–H and O–H groups in total. The van der Waals surface area contributed by atoms with E-state index in [1.807, 2.05) is 65.6 Å². The van der Waals surface area contributed by atoms with Crippen molar-refractivity contribution in [2.24, 2.45) is 0 Å². The van der Waals surface area contributed by atoms with Crippen LogP contribution in [0.25, 0.3) is 10.8 Å². The van der Waals surface area contributed by atoms with Gasteiger partial charge >= 0.3 is 0 Å². The molecule has 0 saturated carbocycles. The van der Waals surface area contributed by atoms with Crippen molar-refractivity contribution in [2.45, 2.75) is 12.6 Å². The molecule has 5 rings (SSSR count). The molecule has 0 spiro atoms. The van der Waals surface area contributed by atoms with Gasteiger partial charge in [-0.05, 0) is 41.0 Å². The third-order valence-corrected chi connectivity index (χ3v) is 5.93. The molecule has 4 aromatic carbocycles. The van der Waals surface area contributed by atoms with Crippen LogP contribution < -0.4 is 10.1 Å². The number of carbonyl (C=O) groups excluding carboxylic acids is 1. The van der Waals surface area contributed by atoms with Crippen LogP contribution in [-0.2, 0) is 6.42 Å². The molecule has 1 heterocycles. The first kappa shape index (κ1) is 19.2. The van der Waals surface area contributed by atoms with Crippen LogP contribution >= 0.6 is 0 Å². The van der Waals surface area contributed by atoms with E-state index in [2.05, 4.69) is 35.6 Å². The van der Waals surface area contributed by atoms with E-state index in [-0.39, 0.29) is 12.1 Å². The van der Waals surface area contributed by atoms with Crippen molar-refractivity contribution in [3.8, 4) is 5.75 Å². The Morgan fingerprint density at radius 1 is 0.871 bits per heavy atom. The Morgan fingerprint density at radius 3 is 2.45 bits per heavy atom. The highest BCUT2D eigenvalue weighted by atomic mass is 16.5. The van der Waals surface area contributed by atoms with E-state index in [0.29, 0.717) is 12.1 Å². The van der Waals surface area contributed by atoms with Gasteiger partial charge in [-0.2, -0.15) is 0 Å². The lowest BCUT2D eigenvalue weighted by atomic mass is 9.97. The number of carbonyl (C=O) groups is 1. The summed E-state index contributed by atoms with van der Waals surface area (Å²) in [4.78, 5) is 15.5. The summed E-state index contributed by atoms with van der Waals surface area (Å²) in [5.41, 5.74) is 3.74. The largest absolute Gasteiger partial charge is 0.496 e. The lowest BCUT2D eigenvalue weighted by Crippen LogP contribution is -2.44. The van der Waals surface area contributed by atoms with Crippen molar-refractivity contribution >= 4 is 22.4 Å². The smallest absolute Gasteiger partial charge is 0.257 e. The predicted molar refractivity (Wildman–Crippen MR) is 124 cm³/mol. The maximum atomic E-state index is 13.6. The van der Waals surface area contributed by atoms with Crippen molar-refractivity contribution in [1.82, 2.24) is 4.90 Å². The molecule has 1 aliphatic rings. The van der Waals surface area contributed by atoms with Crippen molar-refractivity contribution < 1.29 is 9.53 Å². The summed E-state index contributed by atoms with van der Waals surface area (Å²) in [7, 11) is 1.68. The zero-order valence-electron chi connectivity index (χ0n) is 17.4. The molecule has 31 heavy (non-hydrogen) atoms. The number of rotatable bonds is 5. The number of methoxy groups -OCH3 is 1. The number of benzene rings is 4. The second-order valence-corrected chi connectivity index (χ2v) is 7.73. The van der Waals surface area contributed by atoms with Gasteiger partial charge in [0.25, 0.3) is 5.91 Å². The first-order valence-corrected chi connectivity index (χ1v) is 10.5. The van der Waals surface area contributed by atoms with Gasteiger partial charge < -0.3 is 15.0 Å². The van der Waals surface area contributed by atoms with Crippen LogP contribution in [0.3, 0.4) is 0 Å². The highest BCUT2D eigenvalue weighted by molar-refractivity contribution is 6.02. The summed E-state index contributed by atoms with van der Waals surface area (Å²) in [6, 6.07) is 30.3. The van der Waals surface area contributed by atoms with Gasteiger partial charge in [0.2, 0.25) is 0 Å². The topological polar surface area (TPSA) is 41.6 Å². The first-order chi connectivity index (χ1) is 15.3. The van der Waals surface area contributed by atoms with Crippen molar-refractivity contribution in [3.05, 3.63) is 108 Å². The Morgan fingerprint density at radius 2 is 1.61 bits per heavy atom. The molecule has 1 atom stereocenters. The zero-order chi connectivity index (χ0) is 21.2. The molecule has 1 unspecified atom stereocenters. The van der Waals surface area contributed by atoms with Crippen LogP contribution in [0.5, 0.6) is 5.75 Å². The average molecular weight is 409 g/mol. The second-order valence-electron chi connectivity index (χ2n) is 7.73. The molecule has 1 aliphatic heterocycles. The monoisotopic (exact) mass is 408 g/mol. The second kappa shape index (κ2) is 8.15. The number of fused-ring (bicyclic) bond motifs is 2. The third kappa shape index (κ3) is 3.50. The Hall–Kier alpha value is -3.79. The molecule has 0 bridgehead atoms. The summed E-state index contributed by atoms with van der Waals surface area (Å²) in [6.45, 7) is 0.598. The summed E-state index contributed by atoms with van der Waals surface area (Å²) in [5.74, 6) is 0.804. The van der Waals surface area contributed by atoms with E-state index in [9.17, 15) is 4.79 Å². The Kier molecular flexibility index (Phi) is 5.04. The van der Waals surface area contributed by atoms with E-state index in [4.69, 9.17) is 4.74 Å². The number of para-hydroxylation sites is 1. The van der Waals surface area contributed by atoms with Gasteiger partial charge in [-0.1, -0.05) is 72.8 Å². The molecule has 0 aliphatic carbocycles. The molecule has 0 fully saturated rings. The van der Waals surface area contributed by atoms with Gasteiger partial charge in [0, 0.05) is 17.8 Å². The van der Waals surface area contributed by atoms with Gasteiger partial charge in [0.05, 0.1) is 12.7 Å². The normalized spacial score (nSPS) is 15.5. The van der Waals surface area contributed by atoms with Gasteiger partial charge in [0.15, 0.2) is 0 Å². The molecule has 1 amide bonds. The predicted octanol–water partition coefficient (Wildman–Crippen LogP) is 5.66. The van der Waals surface area contributed by atoms with Gasteiger partial charge in [-0.15, -0.1) is 0 Å². The minimum Gasteiger partial charge on any atom is -0.496 e. The molecule has 4 heteroatoms.